The molecule has 0 aliphatic carbocycles. The van der Waals surface area contributed by atoms with Crippen molar-refractivity contribution >= 4 is 32.7 Å². The number of nitrogens with zero attached hydrogens (tertiary/aromatic N) is 2. The van der Waals surface area contributed by atoms with Gasteiger partial charge in [-0.1, -0.05) is 17.4 Å². The Labute approximate surface area is 126 Å². The average Bonchev–Trinajstić information content (AvgIpc) is 3.02. The van der Waals surface area contributed by atoms with Crippen molar-refractivity contribution in [2.24, 2.45) is 11.8 Å². The first-order valence-electron chi connectivity index (χ1n) is 6.37. The maximum atomic E-state index is 13.6. The molecule has 2 aromatic rings. The second kappa shape index (κ2) is 5.08. The number of benzene rings is 1. The number of carboxylic acids is 1. The Morgan fingerprint density at radius 1 is 1.36 bits per heavy atom. The summed E-state index contributed by atoms with van der Waals surface area (Å²) in [6, 6.07) is 4.26. The number of aromatic nitrogens is 1. The summed E-state index contributed by atoms with van der Waals surface area (Å²) >= 11 is 0.927. The first-order valence-corrected chi connectivity index (χ1v) is 7.18. The van der Waals surface area contributed by atoms with Gasteiger partial charge < -0.3 is 10.0 Å². The molecule has 1 N–H and O–H groups in total. The van der Waals surface area contributed by atoms with Gasteiger partial charge in [0, 0.05) is 13.1 Å². The quantitative estimate of drug-likeness (QED) is 0.858. The molecule has 1 aliphatic heterocycles. The summed E-state index contributed by atoms with van der Waals surface area (Å²) in [4.78, 5) is 16.4. The molecule has 118 valence electrons. The largest absolute Gasteiger partial charge is 0.481 e. The lowest BCUT2D eigenvalue weighted by molar-refractivity contribution is -0.187. The molecule has 1 aromatic carbocycles. The Morgan fingerprint density at radius 3 is 2.64 bits per heavy atom. The van der Waals surface area contributed by atoms with Gasteiger partial charge in [-0.2, -0.15) is 13.2 Å². The molecule has 0 unspecified atom stereocenters. The van der Waals surface area contributed by atoms with Crippen molar-refractivity contribution in [1.82, 2.24) is 4.98 Å². The van der Waals surface area contributed by atoms with E-state index in [4.69, 9.17) is 5.11 Å². The molecule has 1 saturated heterocycles. The van der Waals surface area contributed by atoms with Crippen LogP contribution in [0.2, 0.25) is 0 Å². The molecule has 1 aliphatic rings. The minimum absolute atomic E-state index is 0.207. The summed E-state index contributed by atoms with van der Waals surface area (Å²) in [5, 5.41) is 9.20. The summed E-state index contributed by atoms with van der Waals surface area (Å²) in [6.45, 7) is -0.775. The molecular formula is C13H10F4N2O2S. The fourth-order valence-corrected chi connectivity index (χ4v) is 3.57. The minimum Gasteiger partial charge on any atom is -0.481 e. The normalized spacial score (nSPS) is 22.5. The van der Waals surface area contributed by atoms with E-state index < -0.39 is 36.3 Å². The monoisotopic (exact) mass is 334 g/mol. The molecule has 2 atom stereocenters. The van der Waals surface area contributed by atoms with Crippen molar-refractivity contribution in [3.63, 3.8) is 0 Å². The minimum atomic E-state index is -4.60. The van der Waals surface area contributed by atoms with Gasteiger partial charge in [0.2, 0.25) is 0 Å². The molecule has 0 amide bonds. The Morgan fingerprint density at radius 2 is 2.09 bits per heavy atom. The van der Waals surface area contributed by atoms with Gasteiger partial charge in [0.05, 0.1) is 22.1 Å². The number of hydrogen-bond donors (Lipinski definition) is 1. The number of carboxylic acid groups (broad SMARTS) is 1. The third-order valence-electron chi connectivity index (χ3n) is 3.68. The van der Waals surface area contributed by atoms with Crippen molar-refractivity contribution in [2.75, 3.05) is 18.0 Å². The predicted octanol–water partition coefficient (Wildman–Crippen LogP) is 3.13. The van der Waals surface area contributed by atoms with Gasteiger partial charge in [-0.3, -0.25) is 4.79 Å². The third-order valence-corrected chi connectivity index (χ3v) is 4.82. The smallest absolute Gasteiger partial charge is 0.394 e. The zero-order valence-corrected chi connectivity index (χ0v) is 11.8. The summed E-state index contributed by atoms with van der Waals surface area (Å²) in [5.74, 6) is -5.49. The lowest BCUT2D eigenvalue weighted by atomic mass is 9.96. The van der Waals surface area contributed by atoms with Crippen LogP contribution in [0.5, 0.6) is 0 Å². The second-order valence-corrected chi connectivity index (χ2v) is 6.06. The lowest BCUT2D eigenvalue weighted by Gasteiger charge is -2.17. The van der Waals surface area contributed by atoms with Crippen LogP contribution in [0, 0.1) is 17.7 Å². The number of halogens is 4. The fraction of sp³-hybridized carbons (Fsp3) is 0.385. The summed E-state index contributed by atoms with van der Waals surface area (Å²) in [6.07, 6.45) is -4.60. The Balaban J connectivity index is 1.95. The fourth-order valence-electron chi connectivity index (χ4n) is 2.58. The number of alkyl halides is 3. The van der Waals surface area contributed by atoms with E-state index in [1.165, 1.54) is 17.0 Å². The van der Waals surface area contributed by atoms with Gasteiger partial charge in [0.1, 0.15) is 5.82 Å². The van der Waals surface area contributed by atoms with Gasteiger partial charge >= 0.3 is 12.1 Å². The number of carbonyl (C=O) groups is 1. The van der Waals surface area contributed by atoms with E-state index in [-0.39, 0.29) is 16.4 Å². The summed E-state index contributed by atoms with van der Waals surface area (Å²) in [5.41, 5.74) is 0.349. The van der Waals surface area contributed by atoms with Crippen LogP contribution in [0.15, 0.2) is 18.2 Å². The zero-order chi connectivity index (χ0) is 16.1. The maximum Gasteiger partial charge on any atom is 0.394 e. The van der Waals surface area contributed by atoms with Crippen molar-refractivity contribution in [3.05, 3.63) is 24.0 Å². The van der Waals surface area contributed by atoms with Gasteiger partial charge in [0.15, 0.2) is 5.13 Å². The third kappa shape index (κ3) is 2.49. The zero-order valence-electron chi connectivity index (χ0n) is 11.0. The van der Waals surface area contributed by atoms with Crippen LogP contribution in [0.1, 0.15) is 0 Å². The van der Waals surface area contributed by atoms with Gasteiger partial charge in [-0.05, 0) is 12.1 Å². The SMILES string of the molecule is O=C(O)[C@@H]1CN(c2nc3cccc(F)c3s2)C[C@H]1C(F)(F)F. The number of thiazole rings is 1. The highest BCUT2D eigenvalue weighted by Crippen LogP contribution is 2.41. The molecule has 22 heavy (non-hydrogen) atoms. The van der Waals surface area contributed by atoms with E-state index in [1.54, 1.807) is 6.07 Å². The van der Waals surface area contributed by atoms with Crippen molar-refractivity contribution < 1.29 is 27.5 Å². The average molecular weight is 334 g/mol. The molecular weight excluding hydrogens is 324 g/mol. The highest BCUT2D eigenvalue weighted by molar-refractivity contribution is 7.22. The van der Waals surface area contributed by atoms with Crippen LogP contribution < -0.4 is 4.90 Å². The van der Waals surface area contributed by atoms with E-state index in [2.05, 4.69) is 4.98 Å². The van der Waals surface area contributed by atoms with Crippen molar-refractivity contribution in [3.8, 4) is 0 Å². The molecule has 0 bridgehead atoms. The molecule has 0 radical (unpaired) electrons. The van der Waals surface area contributed by atoms with E-state index in [0.29, 0.717) is 5.52 Å². The summed E-state index contributed by atoms with van der Waals surface area (Å²) < 4.78 is 52.8. The van der Waals surface area contributed by atoms with Crippen molar-refractivity contribution in [1.29, 1.82) is 0 Å². The molecule has 9 heteroatoms. The Bertz CT molecular complexity index is 730. The molecule has 4 nitrogen and oxygen atoms in total. The van der Waals surface area contributed by atoms with Crippen LogP contribution in [-0.4, -0.2) is 35.3 Å². The van der Waals surface area contributed by atoms with Crippen LogP contribution in [-0.2, 0) is 4.79 Å². The van der Waals surface area contributed by atoms with Crippen LogP contribution in [0.3, 0.4) is 0 Å². The molecule has 1 fully saturated rings. The topological polar surface area (TPSA) is 53.4 Å². The van der Waals surface area contributed by atoms with E-state index in [9.17, 15) is 22.4 Å². The second-order valence-electron chi connectivity index (χ2n) is 5.08. The Hall–Kier alpha value is -1.90. The highest BCUT2D eigenvalue weighted by Gasteiger charge is 2.53. The van der Waals surface area contributed by atoms with Gasteiger partial charge in [0.25, 0.3) is 0 Å². The molecule has 0 saturated carbocycles. The standard InChI is InChI=1S/C13H10F4N2O2S/c14-8-2-1-3-9-10(8)22-12(18-9)19-4-6(11(20)21)7(5-19)13(15,16)17/h1-3,6-7H,4-5H2,(H,20,21)/t6-,7-/m1/s1. The van der Waals surface area contributed by atoms with E-state index >= 15 is 0 Å². The number of aliphatic carboxylic acids is 1. The number of anilines is 1. The van der Waals surface area contributed by atoms with E-state index in [1.807, 2.05) is 0 Å². The van der Waals surface area contributed by atoms with Gasteiger partial charge in [-0.15, -0.1) is 0 Å². The summed E-state index contributed by atoms with van der Waals surface area (Å²) in [7, 11) is 0. The van der Waals surface area contributed by atoms with Crippen LogP contribution >= 0.6 is 11.3 Å². The van der Waals surface area contributed by atoms with Crippen molar-refractivity contribution in [2.45, 2.75) is 6.18 Å². The van der Waals surface area contributed by atoms with Gasteiger partial charge in [-0.25, -0.2) is 9.37 Å². The lowest BCUT2D eigenvalue weighted by Crippen LogP contribution is -2.33. The molecule has 1 aromatic heterocycles. The molecule has 3 rings (SSSR count). The van der Waals surface area contributed by atoms with Crippen LogP contribution in [0.25, 0.3) is 10.2 Å². The predicted molar refractivity (Wildman–Crippen MR) is 72.5 cm³/mol. The number of hydrogen-bond acceptors (Lipinski definition) is 4. The maximum absolute atomic E-state index is 13.6. The molecule has 0 spiro atoms. The number of fused-ring (bicyclic) bond motifs is 1. The highest BCUT2D eigenvalue weighted by atomic mass is 32.1. The van der Waals surface area contributed by atoms with Crippen LogP contribution in [0.4, 0.5) is 22.7 Å². The number of rotatable bonds is 2. The Kier molecular flexibility index (Phi) is 3.47. The van der Waals surface area contributed by atoms with E-state index in [0.717, 1.165) is 11.3 Å². The first kappa shape index (κ1) is 15.0. The molecule has 2 heterocycles. The first-order chi connectivity index (χ1) is 10.3.